The number of ketones is 1. The van der Waals surface area contributed by atoms with E-state index in [-0.39, 0.29) is 11.7 Å². The highest BCUT2D eigenvalue weighted by Crippen LogP contribution is 2.29. The topological polar surface area (TPSA) is 67.4 Å². The second-order valence-electron chi connectivity index (χ2n) is 6.46. The number of nitrogens with one attached hydrogen (secondary N) is 2. The van der Waals surface area contributed by atoms with Crippen molar-refractivity contribution in [2.75, 3.05) is 17.7 Å². The molecule has 0 radical (unpaired) electrons. The number of carbonyl (C=O) groups excluding carboxylic acids is 2. The lowest BCUT2D eigenvalue weighted by Crippen LogP contribution is -2.27. The molecular formula is C23H21ClN2O3. The van der Waals surface area contributed by atoms with E-state index in [0.29, 0.717) is 27.7 Å². The monoisotopic (exact) mass is 408 g/mol. The standard InChI is InChI=1S/C23H21ClN2O3/c1-15(27)17-9-6-10-18(13-17)26-23(28)22(16-7-4-3-5-8-16)25-19-11-12-21(29-2)20(24)14-19/h3-14,22,25H,1-2H3,(H,26,28)/t22-/m0/s1. The zero-order valence-corrected chi connectivity index (χ0v) is 16.9. The van der Waals surface area contributed by atoms with Gasteiger partial charge in [-0.2, -0.15) is 0 Å². The largest absolute Gasteiger partial charge is 0.495 e. The maximum atomic E-state index is 13.1. The van der Waals surface area contributed by atoms with Crippen LogP contribution in [0.5, 0.6) is 5.75 Å². The van der Waals surface area contributed by atoms with Crippen LogP contribution in [-0.2, 0) is 4.79 Å². The molecular weight excluding hydrogens is 388 g/mol. The predicted octanol–water partition coefficient (Wildman–Crippen LogP) is 5.34. The summed E-state index contributed by atoms with van der Waals surface area (Å²) in [5.74, 6) is 0.231. The minimum Gasteiger partial charge on any atom is -0.495 e. The highest BCUT2D eigenvalue weighted by Gasteiger charge is 2.21. The van der Waals surface area contributed by atoms with E-state index < -0.39 is 6.04 Å². The molecule has 0 spiro atoms. The number of ether oxygens (including phenoxy) is 1. The summed E-state index contributed by atoms with van der Waals surface area (Å²) in [7, 11) is 1.55. The summed E-state index contributed by atoms with van der Waals surface area (Å²) in [5.41, 5.74) is 2.56. The third kappa shape index (κ3) is 5.15. The Morgan fingerprint density at radius 3 is 2.34 bits per heavy atom. The van der Waals surface area contributed by atoms with Gasteiger partial charge in [-0.05, 0) is 42.8 Å². The normalized spacial score (nSPS) is 11.4. The number of halogens is 1. The van der Waals surface area contributed by atoms with Gasteiger partial charge in [-0.3, -0.25) is 9.59 Å². The fraction of sp³-hybridized carbons (Fsp3) is 0.130. The lowest BCUT2D eigenvalue weighted by molar-refractivity contribution is -0.117. The summed E-state index contributed by atoms with van der Waals surface area (Å²) in [6.45, 7) is 1.49. The van der Waals surface area contributed by atoms with Gasteiger partial charge in [-0.25, -0.2) is 0 Å². The van der Waals surface area contributed by atoms with Crippen LogP contribution in [0.1, 0.15) is 28.9 Å². The van der Waals surface area contributed by atoms with Gasteiger partial charge in [0.2, 0.25) is 0 Å². The van der Waals surface area contributed by atoms with E-state index in [2.05, 4.69) is 10.6 Å². The van der Waals surface area contributed by atoms with Crippen molar-refractivity contribution < 1.29 is 14.3 Å². The van der Waals surface area contributed by atoms with Gasteiger partial charge in [0.1, 0.15) is 11.8 Å². The third-order valence-corrected chi connectivity index (χ3v) is 4.69. The van der Waals surface area contributed by atoms with Crippen molar-refractivity contribution in [2.24, 2.45) is 0 Å². The first-order chi connectivity index (χ1) is 14.0. The van der Waals surface area contributed by atoms with Crippen molar-refractivity contribution in [3.8, 4) is 5.75 Å². The van der Waals surface area contributed by atoms with Gasteiger partial charge in [0.15, 0.2) is 5.78 Å². The number of anilines is 2. The number of benzene rings is 3. The lowest BCUT2D eigenvalue weighted by atomic mass is 10.0. The lowest BCUT2D eigenvalue weighted by Gasteiger charge is -2.20. The van der Waals surface area contributed by atoms with Crippen molar-refractivity contribution in [3.05, 3.63) is 88.9 Å². The number of hydrogen-bond acceptors (Lipinski definition) is 4. The van der Waals surface area contributed by atoms with Gasteiger partial charge in [0.05, 0.1) is 12.1 Å². The molecule has 0 aliphatic carbocycles. The molecule has 1 atom stereocenters. The van der Waals surface area contributed by atoms with Crippen molar-refractivity contribution in [1.82, 2.24) is 0 Å². The Hall–Kier alpha value is -3.31. The van der Waals surface area contributed by atoms with Gasteiger partial charge >= 0.3 is 0 Å². The smallest absolute Gasteiger partial charge is 0.251 e. The second kappa shape index (κ2) is 9.26. The third-order valence-electron chi connectivity index (χ3n) is 4.39. The number of hydrogen-bond donors (Lipinski definition) is 2. The molecule has 148 valence electrons. The zero-order chi connectivity index (χ0) is 20.8. The van der Waals surface area contributed by atoms with Crippen LogP contribution in [0, 0.1) is 0 Å². The van der Waals surface area contributed by atoms with E-state index in [1.807, 2.05) is 30.3 Å². The Morgan fingerprint density at radius 2 is 1.69 bits per heavy atom. The average molecular weight is 409 g/mol. The van der Waals surface area contributed by atoms with E-state index >= 15 is 0 Å². The highest BCUT2D eigenvalue weighted by atomic mass is 35.5. The highest BCUT2D eigenvalue weighted by molar-refractivity contribution is 6.32. The molecule has 29 heavy (non-hydrogen) atoms. The van der Waals surface area contributed by atoms with Gasteiger partial charge in [-0.15, -0.1) is 0 Å². The SMILES string of the molecule is COc1ccc(N[C@H](C(=O)Nc2cccc(C(C)=O)c2)c2ccccc2)cc1Cl. The van der Waals surface area contributed by atoms with E-state index in [9.17, 15) is 9.59 Å². The first kappa shape index (κ1) is 20.4. The fourth-order valence-corrected chi connectivity index (χ4v) is 3.16. The number of Topliss-reactive ketones (excluding diaryl/α,β-unsaturated/α-hetero) is 1. The van der Waals surface area contributed by atoms with Crippen LogP contribution in [0.3, 0.4) is 0 Å². The van der Waals surface area contributed by atoms with Gasteiger partial charge in [-0.1, -0.05) is 54.1 Å². The van der Waals surface area contributed by atoms with Crippen LogP contribution in [0.25, 0.3) is 0 Å². The second-order valence-corrected chi connectivity index (χ2v) is 6.87. The van der Waals surface area contributed by atoms with Crippen molar-refractivity contribution >= 4 is 34.7 Å². The molecule has 5 nitrogen and oxygen atoms in total. The van der Waals surface area contributed by atoms with E-state index in [0.717, 1.165) is 5.56 Å². The molecule has 0 bridgehead atoms. The Morgan fingerprint density at radius 1 is 0.931 bits per heavy atom. The summed E-state index contributed by atoms with van der Waals surface area (Å²) in [4.78, 5) is 24.7. The van der Waals surface area contributed by atoms with Crippen LogP contribution in [0.2, 0.25) is 5.02 Å². The molecule has 3 aromatic carbocycles. The molecule has 0 fully saturated rings. The molecule has 3 aromatic rings. The molecule has 0 heterocycles. The quantitative estimate of drug-likeness (QED) is 0.517. The number of methoxy groups -OCH3 is 1. The molecule has 0 unspecified atom stereocenters. The Labute approximate surface area is 174 Å². The van der Waals surface area contributed by atoms with Crippen LogP contribution >= 0.6 is 11.6 Å². The minimum atomic E-state index is -0.665. The van der Waals surface area contributed by atoms with Crippen molar-refractivity contribution in [1.29, 1.82) is 0 Å². The molecule has 0 aliphatic heterocycles. The Balaban J connectivity index is 1.87. The van der Waals surface area contributed by atoms with Crippen LogP contribution in [-0.4, -0.2) is 18.8 Å². The van der Waals surface area contributed by atoms with Crippen molar-refractivity contribution in [2.45, 2.75) is 13.0 Å². The Kier molecular flexibility index (Phi) is 6.52. The Bertz CT molecular complexity index is 1020. The van der Waals surface area contributed by atoms with Crippen molar-refractivity contribution in [3.63, 3.8) is 0 Å². The minimum absolute atomic E-state index is 0.0632. The maximum absolute atomic E-state index is 13.1. The number of carbonyl (C=O) groups is 2. The summed E-state index contributed by atoms with van der Waals surface area (Å²) < 4.78 is 5.18. The van der Waals surface area contributed by atoms with Crippen LogP contribution in [0.15, 0.2) is 72.8 Å². The summed E-state index contributed by atoms with van der Waals surface area (Å²) >= 11 is 6.22. The fourth-order valence-electron chi connectivity index (χ4n) is 2.90. The summed E-state index contributed by atoms with van der Waals surface area (Å²) in [5, 5.41) is 6.55. The molecule has 1 amide bonds. The molecule has 6 heteroatoms. The predicted molar refractivity (Wildman–Crippen MR) is 116 cm³/mol. The first-order valence-electron chi connectivity index (χ1n) is 9.05. The van der Waals surface area contributed by atoms with E-state index in [1.165, 1.54) is 6.92 Å². The first-order valence-corrected chi connectivity index (χ1v) is 9.42. The van der Waals surface area contributed by atoms with Gasteiger partial charge in [0.25, 0.3) is 5.91 Å². The van der Waals surface area contributed by atoms with Crippen LogP contribution in [0.4, 0.5) is 11.4 Å². The van der Waals surface area contributed by atoms with Gasteiger partial charge < -0.3 is 15.4 Å². The molecule has 0 aliphatic rings. The number of rotatable bonds is 7. The summed E-state index contributed by atoms with van der Waals surface area (Å²) in [6, 6.07) is 20.8. The van der Waals surface area contributed by atoms with Crippen LogP contribution < -0.4 is 15.4 Å². The van der Waals surface area contributed by atoms with Gasteiger partial charge in [0, 0.05) is 16.9 Å². The van der Waals surface area contributed by atoms with E-state index in [4.69, 9.17) is 16.3 Å². The zero-order valence-electron chi connectivity index (χ0n) is 16.1. The molecule has 0 aromatic heterocycles. The molecule has 3 rings (SSSR count). The maximum Gasteiger partial charge on any atom is 0.251 e. The average Bonchev–Trinajstić information content (AvgIpc) is 2.73. The van der Waals surface area contributed by atoms with E-state index in [1.54, 1.807) is 49.6 Å². The molecule has 0 saturated heterocycles. The number of amides is 1. The molecule has 2 N–H and O–H groups in total. The molecule has 0 saturated carbocycles. The summed E-state index contributed by atoms with van der Waals surface area (Å²) in [6.07, 6.45) is 0.